The molecular weight excluding hydrogens is 308 g/mol. The third-order valence-corrected chi connectivity index (χ3v) is 4.32. The lowest BCUT2D eigenvalue weighted by molar-refractivity contribution is 0.137. The van der Waals surface area contributed by atoms with Gasteiger partial charge in [0.25, 0.3) is 0 Å². The lowest BCUT2D eigenvalue weighted by atomic mass is 10.1. The molecule has 2 rings (SSSR count). The summed E-state index contributed by atoms with van der Waals surface area (Å²) in [7, 11) is 0. The van der Waals surface area contributed by atoms with Crippen LogP contribution in [-0.2, 0) is 11.3 Å². The zero-order chi connectivity index (χ0) is 16.7. The van der Waals surface area contributed by atoms with Gasteiger partial charge in [-0.1, -0.05) is 48.1 Å². The summed E-state index contributed by atoms with van der Waals surface area (Å²) in [6.45, 7) is 8.06. The van der Waals surface area contributed by atoms with E-state index in [1.807, 2.05) is 37.3 Å². The Labute approximate surface area is 143 Å². The highest BCUT2D eigenvalue weighted by Crippen LogP contribution is 2.14. The lowest BCUT2D eigenvalue weighted by Crippen LogP contribution is -2.47. The number of nitrogens with one attached hydrogen (secondary N) is 1. The maximum Gasteiger partial charge on any atom is 0.408 e. The van der Waals surface area contributed by atoms with Crippen molar-refractivity contribution < 1.29 is 9.53 Å². The van der Waals surface area contributed by atoms with E-state index in [1.54, 1.807) is 0 Å². The monoisotopic (exact) mass is 332 g/mol. The van der Waals surface area contributed by atoms with Gasteiger partial charge in [0.15, 0.2) is 0 Å². The van der Waals surface area contributed by atoms with Crippen molar-refractivity contribution in [3.8, 4) is 0 Å². The van der Waals surface area contributed by atoms with Gasteiger partial charge in [-0.25, -0.2) is 4.79 Å². The molecule has 0 radical (unpaired) electrons. The highest BCUT2D eigenvalue weighted by Gasteiger charge is 2.24. The summed E-state index contributed by atoms with van der Waals surface area (Å²) in [5.41, 5.74) is 1.95. The molecule has 1 heterocycles. The number of nitrogens with zero attached hydrogens (tertiary/aromatic N) is 1. The molecule has 1 aliphatic heterocycles. The summed E-state index contributed by atoms with van der Waals surface area (Å²) >= 11 is 5.56. The van der Waals surface area contributed by atoms with Gasteiger partial charge >= 0.3 is 6.09 Å². The number of ether oxygens (including phenoxy) is 1. The van der Waals surface area contributed by atoms with Gasteiger partial charge in [0.1, 0.15) is 11.6 Å². The van der Waals surface area contributed by atoms with Gasteiger partial charge in [-0.3, -0.25) is 0 Å². The first kappa shape index (κ1) is 17.5. The molecule has 1 atom stereocenters. The number of alkyl carbamates (subject to hydrolysis) is 1. The first-order valence-electron chi connectivity index (χ1n) is 7.96. The summed E-state index contributed by atoms with van der Waals surface area (Å²) < 4.78 is 5.30. The van der Waals surface area contributed by atoms with Crippen molar-refractivity contribution in [3.63, 3.8) is 0 Å². The van der Waals surface area contributed by atoms with Crippen LogP contribution in [0.3, 0.4) is 0 Å². The molecular formula is C18H24N2O2S. The second-order valence-corrected chi connectivity index (χ2v) is 6.37. The number of carbonyl (C=O) groups excluding carboxylic acids is 1. The van der Waals surface area contributed by atoms with Crippen LogP contribution in [0.4, 0.5) is 4.79 Å². The zero-order valence-electron chi connectivity index (χ0n) is 13.6. The molecule has 0 aromatic heterocycles. The summed E-state index contributed by atoms with van der Waals surface area (Å²) in [6, 6.07) is 9.39. The quantitative estimate of drug-likeness (QED) is 0.637. The van der Waals surface area contributed by atoms with Gasteiger partial charge in [0.05, 0.1) is 6.04 Å². The van der Waals surface area contributed by atoms with Crippen LogP contribution in [-0.4, -0.2) is 35.1 Å². The molecule has 23 heavy (non-hydrogen) atoms. The Hall–Kier alpha value is -1.88. The van der Waals surface area contributed by atoms with Gasteiger partial charge in [-0.15, -0.1) is 6.58 Å². The van der Waals surface area contributed by atoms with Crippen molar-refractivity contribution in [2.24, 2.45) is 0 Å². The molecule has 1 fully saturated rings. The molecule has 0 saturated carbocycles. The van der Waals surface area contributed by atoms with Gasteiger partial charge in [0.2, 0.25) is 0 Å². The molecule has 0 bridgehead atoms. The van der Waals surface area contributed by atoms with Crippen LogP contribution in [0, 0.1) is 0 Å². The fraction of sp³-hybridized carbons (Fsp3) is 0.444. The van der Waals surface area contributed by atoms with E-state index < -0.39 is 6.09 Å². The summed E-state index contributed by atoms with van der Waals surface area (Å²) in [5, 5.41) is 2.89. The predicted octanol–water partition coefficient (Wildman–Crippen LogP) is 3.67. The maximum atomic E-state index is 12.1. The fourth-order valence-electron chi connectivity index (χ4n) is 2.61. The molecule has 124 valence electrons. The number of carbonyl (C=O) groups is 1. The Morgan fingerprint density at radius 1 is 1.35 bits per heavy atom. The van der Waals surface area contributed by atoms with Crippen LogP contribution in [0.15, 0.2) is 42.5 Å². The van der Waals surface area contributed by atoms with Crippen molar-refractivity contribution in [1.82, 2.24) is 10.2 Å². The molecule has 1 saturated heterocycles. The molecule has 5 heteroatoms. The summed E-state index contributed by atoms with van der Waals surface area (Å²) in [4.78, 5) is 15.0. The molecule has 0 spiro atoms. The topological polar surface area (TPSA) is 41.6 Å². The largest absolute Gasteiger partial charge is 0.445 e. The van der Waals surface area contributed by atoms with E-state index >= 15 is 0 Å². The van der Waals surface area contributed by atoms with E-state index in [0.717, 1.165) is 42.1 Å². The second kappa shape index (κ2) is 8.67. The van der Waals surface area contributed by atoms with Crippen molar-refractivity contribution in [3.05, 3.63) is 48.0 Å². The Bertz CT molecular complexity index is 553. The SMILES string of the molecule is C=C(C)C[C@H](NC(=O)OCc1ccccc1)C(=S)N1CCCC1. The minimum Gasteiger partial charge on any atom is -0.445 e. The first-order valence-corrected chi connectivity index (χ1v) is 8.37. The van der Waals surface area contributed by atoms with Crippen LogP contribution in [0.25, 0.3) is 0 Å². The van der Waals surface area contributed by atoms with Crippen molar-refractivity contribution in [2.75, 3.05) is 13.1 Å². The van der Waals surface area contributed by atoms with Gasteiger partial charge in [-0.05, 0) is 31.7 Å². The number of thiocarbonyl (C=S) groups is 1. The van der Waals surface area contributed by atoms with Crippen LogP contribution in [0.1, 0.15) is 31.7 Å². The zero-order valence-corrected chi connectivity index (χ0v) is 14.4. The van der Waals surface area contributed by atoms with Gasteiger partial charge < -0.3 is 15.0 Å². The van der Waals surface area contributed by atoms with Gasteiger partial charge in [0, 0.05) is 13.1 Å². The number of hydrogen-bond donors (Lipinski definition) is 1. The van der Waals surface area contributed by atoms with Crippen LogP contribution >= 0.6 is 12.2 Å². The first-order chi connectivity index (χ1) is 11.1. The fourth-order valence-corrected chi connectivity index (χ4v) is 2.94. The van der Waals surface area contributed by atoms with E-state index in [2.05, 4.69) is 16.8 Å². The third-order valence-electron chi connectivity index (χ3n) is 3.77. The molecule has 1 aliphatic rings. The average molecular weight is 332 g/mol. The van der Waals surface area contributed by atoms with E-state index in [1.165, 1.54) is 0 Å². The summed E-state index contributed by atoms with van der Waals surface area (Å²) in [6.07, 6.45) is 2.49. The Morgan fingerprint density at radius 2 is 2.00 bits per heavy atom. The smallest absolute Gasteiger partial charge is 0.408 e. The van der Waals surface area contributed by atoms with E-state index in [0.29, 0.717) is 6.42 Å². The number of likely N-dealkylation sites (tertiary alicyclic amines) is 1. The van der Waals surface area contributed by atoms with Gasteiger partial charge in [-0.2, -0.15) is 0 Å². The molecule has 4 nitrogen and oxygen atoms in total. The molecule has 1 aromatic carbocycles. The normalized spacial score (nSPS) is 15.1. The Morgan fingerprint density at radius 3 is 2.61 bits per heavy atom. The highest BCUT2D eigenvalue weighted by atomic mass is 32.1. The lowest BCUT2D eigenvalue weighted by Gasteiger charge is -2.27. The Balaban J connectivity index is 1.89. The predicted molar refractivity (Wildman–Crippen MR) is 96.4 cm³/mol. The van der Waals surface area contributed by atoms with Crippen molar-refractivity contribution in [2.45, 2.75) is 38.8 Å². The molecule has 1 N–H and O–H groups in total. The van der Waals surface area contributed by atoms with Crippen LogP contribution < -0.4 is 5.32 Å². The third kappa shape index (κ3) is 5.67. The number of benzene rings is 1. The molecule has 0 unspecified atom stereocenters. The van der Waals surface area contributed by atoms with E-state index in [9.17, 15) is 4.79 Å². The van der Waals surface area contributed by atoms with E-state index in [4.69, 9.17) is 17.0 Å². The average Bonchev–Trinajstić information content (AvgIpc) is 3.06. The van der Waals surface area contributed by atoms with E-state index in [-0.39, 0.29) is 12.6 Å². The summed E-state index contributed by atoms with van der Waals surface area (Å²) in [5.74, 6) is 0. The molecule has 1 aromatic rings. The second-order valence-electron chi connectivity index (χ2n) is 5.95. The minimum atomic E-state index is -0.443. The number of hydrogen-bond acceptors (Lipinski definition) is 3. The number of amides is 1. The van der Waals surface area contributed by atoms with Crippen molar-refractivity contribution >= 4 is 23.3 Å². The highest BCUT2D eigenvalue weighted by molar-refractivity contribution is 7.80. The molecule has 0 aliphatic carbocycles. The molecule has 1 amide bonds. The number of rotatable bonds is 6. The standard InChI is InChI=1S/C18H24N2O2S/c1-14(2)12-16(17(23)20-10-6-7-11-20)19-18(21)22-13-15-8-4-3-5-9-15/h3-5,8-9,16H,1,6-7,10-13H2,2H3,(H,19,21)/t16-/m0/s1. The van der Waals surface area contributed by atoms with Crippen LogP contribution in [0.2, 0.25) is 0 Å². The minimum absolute atomic E-state index is 0.233. The van der Waals surface area contributed by atoms with Crippen molar-refractivity contribution in [1.29, 1.82) is 0 Å². The Kier molecular flexibility index (Phi) is 6.59. The van der Waals surface area contributed by atoms with Crippen LogP contribution in [0.5, 0.6) is 0 Å². The maximum absolute atomic E-state index is 12.1.